The summed E-state index contributed by atoms with van der Waals surface area (Å²) in [5, 5.41) is 17.0. The molecule has 5 nitrogen and oxygen atoms in total. The van der Waals surface area contributed by atoms with Gasteiger partial charge in [0.15, 0.2) is 5.96 Å². The minimum atomic E-state index is -0.597. The van der Waals surface area contributed by atoms with Crippen LogP contribution in [-0.4, -0.2) is 30.3 Å². The summed E-state index contributed by atoms with van der Waals surface area (Å²) in [4.78, 5) is 4.22. The quantitative estimate of drug-likeness (QED) is 0.589. The molecule has 0 aliphatic heterocycles. The Bertz CT molecular complexity index is 476. The molecule has 2 rings (SSSR count). The van der Waals surface area contributed by atoms with Crippen LogP contribution in [0.5, 0.6) is 0 Å². The summed E-state index contributed by atoms with van der Waals surface area (Å²) in [7, 11) is 1.74. The third kappa shape index (κ3) is 4.49. The van der Waals surface area contributed by atoms with Gasteiger partial charge in [-0.15, -0.1) is 0 Å². The number of nitrogens with one attached hydrogen (secondary N) is 2. The van der Waals surface area contributed by atoms with E-state index >= 15 is 0 Å². The zero-order chi connectivity index (χ0) is 15.3. The van der Waals surface area contributed by atoms with Crippen LogP contribution in [0.1, 0.15) is 56.6 Å². The van der Waals surface area contributed by atoms with Crippen molar-refractivity contribution in [2.24, 2.45) is 4.99 Å². The molecule has 1 saturated carbocycles. The van der Waals surface area contributed by atoms with Crippen molar-refractivity contribution in [2.45, 2.75) is 57.6 Å². The van der Waals surface area contributed by atoms with Crippen molar-refractivity contribution in [3.05, 3.63) is 23.7 Å². The summed E-state index contributed by atoms with van der Waals surface area (Å²) in [6.45, 7) is 4.50. The Hall–Kier alpha value is -1.49. The molecule has 1 atom stereocenters. The molecule has 5 heteroatoms. The molecular weight excluding hydrogens is 266 g/mol. The molecule has 0 amide bonds. The van der Waals surface area contributed by atoms with Crippen LogP contribution in [0.25, 0.3) is 0 Å². The van der Waals surface area contributed by atoms with Gasteiger partial charge in [0.2, 0.25) is 0 Å². The largest absolute Gasteiger partial charge is 0.464 e. The van der Waals surface area contributed by atoms with Crippen LogP contribution in [0.2, 0.25) is 0 Å². The molecule has 1 aliphatic rings. The lowest BCUT2D eigenvalue weighted by molar-refractivity contribution is 0.00856. The third-order valence-corrected chi connectivity index (χ3v) is 4.13. The summed E-state index contributed by atoms with van der Waals surface area (Å²) in [6, 6.07) is 3.95. The van der Waals surface area contributed by atoms with Gasteiger partial charge in [0.05, 0.1) is 11.6 Å². The van der Waals surface area contributed by atoms with E-state index in [1.807, 2.05) is 26.0 Å². The molecule has 0 radical (unpaired) electrons. The average molecular weight is 293 g/mol. The molecule has 21 heavy (non-hydrogen) atoms. The molecule has 1 aliphatic carbocycles. The standard InChI is InChI=1S/C16H27N3O2/c1-12-7-8-14(21-12)13(2)19-15(17-3)18-11-16(20)9-5-4-6-10-16/h7-8,13,20H,4-6,9-11H2,1-3H3,(H2,17,18,19). The number of guanidine groups is 1. The molecule has 1 heterocycles. The monoisotopic (exact) mass is 293 g/mol. The lowest BCUT2D eigenvalue weighted by Crippen LogP contribution is -2.48. The van der Waals surface area contributed by atoms with E-state index in [-0.39, 0.29) is 6.04 Å². The van der Waals surface area contributed by atoms with Gasteiger partial charge in [-0.25, -0.2) is 0 Å². The maximum Gasteiger partial charge on any atom is 0.191 e. The third-order valence-electron chi connectivity index (χ3n) is 4.13. The maximum absolute atomic E-state index is 10.5. The lowest BCUT2D eigenvalue weighted by Gasteiger charge is -2.32. The Kier molecular flexibility index (Phi) is 5.28. The van der Waals surface area contributed by atoms with Gasteiger partial charge < -0.3 is 20.2 Å². The van der Waals surface area contributed by atoms with Crippen LogP contribution in [0.15, 0.2) is 21.5 Å². The van der Waals surface area contributed by atoms with E-state index in [1.165, 1.54) is 6.42 Å². The Morgan fingerprint density at radius 3 is 2.67 bits per heavy atom. The normalized spacial score (nSPS) is 20.1. The molecule has 0 aromatic carbocycles. The van der Waals surface area contributed by atoms with Crippen LogP contribution in [0.4, 0.5) is 0 Å². The molecule has 1 aromatic heterocycles. The van der Waals surface area contributed by atoms with Gasteiger partial charge in [0.25, 0.3) is 0 Å². The van der Waals surface area contributed by atoms with Crippen molar-refractivity contribution < 1.29 is 9.52 Å². The first-order valence-electron chi connectivity index (χ1n) is 7.78. The van der Waals surface area contributed by atoms with Gasteiger partial charge in [0.1, 0.15) is 11.5 Å². The van der Waals surface area contributed by atoms with E-state index in [4.69, 9.17) is 4.42 Å². The molecule has 1 aromatic rings. The molecule has 118 valence electrons. The van der Waals surface area contributed by atoms with Gasteiger partial charge in [-0.2, -0.15) is 0 Å². The van der Waals surface area contributed by atoms with Crippen molar-refractivity contribution in [3.8, 4) is 0 Å². The van der Waals surface area contributed by atoms with E-state index in [9.17, 15) is 5.11 Å². The Labute approximate surface area is 126 Å². The van der Waals surface area contributed by atoms with E-state index in [1.54, 1.807) is 7.05 Å². The van der Waals surface area contributed by atoms with Gasteiger partial charge in [-0.1, -0.05) is 19.3 Å². The van der Waals surface area contributed by atoms with Crippen molar-refractivity contribution in [3.63, 3.8) is 0 Å². The number of hydrogen-bond acceptors (Lipinski definition) is 3. The average Bonchev–Trinajstić information content (AvgIpc) is 2.91. The minimum Gasteiger partial charge on any atom is -0.464 e. The first-order chi connectivity index (χ1) is 10.0. The summed E-state index contributed by atoms with van der Waals surface area (Å²) in [5.41, 5.74) is -0.597. The fraction of sp³-hybridized carbons (Fsp3) is 0.688. The minimum absolute atomic E-state index is 0.0332. The van der Waals surface area contributed by atoms with Crippen LogP contribution in [0, 0.1) is 6.92 Å². The number of furan rings is 1. The molecular formula is C16H27N3O2. The molecule has 0 spiro atoms. The van der Waals surface area contributed by atoms with Crippen LogP contribution < -0.4 is 10.6 Å². The number of rotatable bonds is 4. The number of aliphatic hydroxyl groups is 1. The predicted molar refractivity (Wildman–Crippen MR) is 84.4 cm³/mol. The van der Waals surface area contributed by atoms with Gasteiger partial charge in [-0.05, 0) is 38.8 Å². The smallest absolute Gasteiger partial charge is 0.191 e. The van der Waals surface area contributed by atoms with Crippen molar-refractivity contribution >= 4 is 5.96 Å². The second kappa shape index (κ2) is 6.98. The Morgan fingerprint density at radius 1 is 1.38 bits per heavy atom. The highest BCUT2D eigenvalue weighted by Crippen LogP contribution is 2.27. The fourth-order valence-corrected chi connectivity index (χ4v) is 2.79. The van der Waals surface area contributed by atoms with Crippen molar-refractivity contribution in [1.82, 2.24) is 10.6 Å². The maximum atomic E-state index is 10.5. The molecule has 1 fully saturated rings. The van der Waals surface area contributed by atoms with Gasteiger partial charge >= 0.3 is 0 Å². The molecule has 1 unspecified atom stereocenters. The predicted octanol–water partition coefficient (Wildman–Crippen LogP) is 2.51. The highest BCUT2D eigenvalue weighted by molar-refractivity contribution is 5.80. The lowest BCUT2D eigenvalue weighted by atomic mass is 9.85. The Balaban J connectivity index is 1.85. The zero-order valence-electron chi connectivity index (χ0n) is 13.3. The van der Waals surface area contributed by atoms with E-state index in [0.717, 1.165) is 37.2 Å². The molecule has 0 bridgehead atoms. The van der Waals surface area contributed by atoms with Crippen molar-refractivity contribution in [1.29, 1.82) is 0 Å². The van der Waals surface area contributed by atoms with Crippen LogP contribution in [-0.2, 0) is 0 Å². The van der Waals surface area contributed by atoms with E-state index < -0.39 is 5.60 Å². The number of aliphatic imine (C=N–C) groups is 1. The second-order valence-electron chi connectivity index (χ2n) is 6.03. The Morgan fingerprint density at radius 2 is 2.10 bits per heavy atom. The summed E-state index contributed by atoms with van der Waals surface area (Å²) >= 11 is 0. The summed E-state index contributed by atoms with van der Waals surface area (Å²) in [5.74, 6) is 2.47. The van der Waals surface area contributed by atoms with Crippen LogP contribution in [0.3, 0.4) is 0 Å². The first kappa shape index (κ1) is 15.9. The molecule has 0 saturated heterocycles. The second-order valence-corrected chi connectivity index (χ2v) is 6.03. The van der Waals surface area contributed by atoms with Gasteiger partial charge in [0, 0.05) is 13.6 Å². The SMILES string of the molecule is CN=C(NCC1(O)CCCCC1)NC(C)c1ccc(C)o1. The zero-order valence-corrected chi connectivity index (χ0v) is 13.3. The summed E-state index contributed by atoms with van der Waals surface area (Å²) < 4.78 is 5.61. The highest BCUT2D eigenvalue weighted by Gasteiger charge is 2.29. The van der Waals surface area contributed by atoms with E-state index in [0.29, 0.717) is 12.5 Å². The van der Waals surface area contributed by atoms with Crippen LogP contribution >= 0.6 is 0 Å². The number of hydrogen-bond donors (Lipinski definition) is 3. The number of nitrogens with zero attached hydrogens (tertiary/aromatic N) is 1. The highest BCUT2D eigenvalue weighted by atomic mass is 16.3. The van der Waals surface area contributed by atoms with E-state index in [2.05, 4.69) is 15.6 Å². The van der Waals surface area contributed by atoms with Gasteiger partial charge in [-0.3, -0.25) is 4.99 Å². The topological polar surface area (TPSA) is 69.8 Å². The first-order valence-corrected chi connectivity index (χ1v) is 7.78. The number of aryl methyl sites for hydroxylation is 1. The molecule has 3 N–H and O–H groups in total. The summed E-state index contributed by atoms with van der Waals surface area (Å²) in [6.07, 6.45) is 5.16. The fourth-order valence-electron chi connectivity index (χ4n) is 2.79. The van der Waals surface area contributed by atoms with Crippen molar-refractivity contribution in [2.75, 3.05) is 13.6 Å².